The van der Waals surface area contributed by atoms with Gasteiger partial charge in [-0.15, -0.1) is 0 Å². The van der Waals surface area contributed by atoms with Gasteiger partial charge in [0.25, 0.3) is 0 Å². The highest BCUT2D eigenvalue weighted by Gasteiger charge is 2.58. The molecule has 0 heterocycles. The van der Waals surface area contributed by atoms with Crippen molar-refractivity contribution >= 4 is 5.78 Å². The lowest BCUT2D eigenvalue weighted by molar-refractivity contribution is -0.115. The largest absolute Gasteiger partial charge is 0.393 e. The van der Waals surface area contributed by atoms with E-state index in [-0.39, 0.29) is 34.7 Å². The molecule has 32 heavy (non-hydrogen) atoms. The predicted octanol–water partition coefficient (Wildman–Crippen LogP) is 4.90. The number of fused-ring (bicyclic) bond motifs is 4. The van der Waals surface area contributed by atoms with Crippen molar-refractivity contribution in [3.05, 3.63) is 11.1 Å². The molecule has 182 valence electrons. The number of aliphatic hydroxyl groups excluding tert-OH is 3. The lowest BCUT2D eigenvalue weighted by Gasteiger charge is -2.56. The van der Waals surface area contributed by atoms with Gasteiger partial charge in [0.2, 0.25) is 0 Å². The summed E-state index contributed by atoms with van der Waals surface area (Å²) in [5, 5.41) is 32.2. The highest BCUT2D eigenvalue weighted by Crippen LogP contribution is 2.65. The summed E-state index contributed by atoms with van der Waals surface area (Å²) in [5.41, 5.74) is 2.52. The lowest BCUT2D eigenvalue weighted by atomic mass is 9.48. The fourth-order valence-corrected chi connectivity index (χ4v) is 8.36. The van der Waals surface area contributed by atoms with Crippen molar-refractivity contribution in [3.8, 4) is 0 Å². The average molecular weight is 447 g/mol. The quantitative estimate of drug-likeness (QED) is 0.561. The van der Waals surface area contributed by atoms with Gasteiger partial charge in [-0.25, -0.2) is 0 Å². The third kappa shape index (κ3) is 3.64. The molecule has 4 aliphatic carbocycles. The summed E-state index contributed by atoms with van der Waals surface area (Å²) in [4.78, 5) is 13.5. The zero-order chi connectivity index (χ0) is 23.6. The minimum Gasteiger partial charge on any atom is -0.393 e. The molecule has 4 aliphatic rings. The van der Waals surface area contributed by atoms with Crippen LogP contribution >= 0.6 is 0 Å². The Labute approximate surface area is 194 Å². The minimum atomic E-state index is -0.808. The summed E-state index contributed by atoms with van der Waals surface area (Å²) >= 11 is 0. The Balaban J connectivity index is 1.63. The third-order valence-electron chi connectivity index (χ3n) is 10.9. The van der Waals surface area contributed by atoms with E-state index in [1.807, 2.05) is 13.8 Å². The SMILES string of the molecule is CC(C)[C@@H](C)[C@@H](O)[C@H](O)[C@@H](C)[C@H]1CC(=O)C2=C3CC[C@H]4C[C@@H](O)CC[C@]4(C)[C@H]3CC[C@@]21C. The van der Waals surface area contributed by atoms with Gasteiger partial charge < -0.3 is 15.3 Å². The van der Waals surface area contributed by atoms with Gasteiger partial charge in [-0.2, -0.15) is 0 Å². The first-order valence-corrected chi connectivity index (χ1v) is 13.2. The van der Waals surface area contributed by atoms with Crippen molar-refractivity contribution in [1.29, 1.82) is 0 Å². The zero-order valence-corrected chi connectivity index (χ0v) is 21.1. The standard InChI is InChI=1S/C28H46O4/c1-15(2)16(3)25(31)26(32)17(4)22-14-23(30)24-20-8-7-18-13-19(29)9-11-27(18,5)21(20)10-12-28(22,24)6/h15-19,21-22,25-26,29,31-32H,7-14H2,1-6H3/t16-,17+,18+,19+,21+,22-,25-,26-,27+,28-/m1/s1. The summed E-state index contributed by atoms with van der Waals surface area (Å²) in [5.74, 6) is 1.60. The number of aliphatic hydroxyl groups is 3. The van der Waals surface area contributed by atoms with E-state index in [0.717, 1.165) is 50.5 Å². The molecular formula is C28H46O4. The monoisotopic (exact) mass is 446 g/mol. The Hall–Kier alpha value is -0.710. The molecule has 0 aromatic rings. The van der Waals surface area contributed by atoms with Crippen molar-refractivity contribution in [2.75, 3.05) is 0 Å². The normalized spacial score (nSPS) is 43.4. The molecule has 0 unspecified atom stereocenters. The first-order valence-electron chi connectivity index (χ1n) is 13.2. The van der Waals surface area contributed by atoms with E-state index in [2.05, 4.69) is 27.7 Å². The molecule has 0 aromatic heterocycles. The number of allylic oxidation sites excluding steroid dienone is 2. The molecule has 0 radical (unpaired) electrons. The van der Waals surface area contributed by atoms with Crippen molar-refractivity contribution in [1.82, 2.24) is 0 Å². The molecule has 0 aromatic carbocycles. The number of carbonyl (C=O) groups excluding carboxylic acids is 1. The molecule has 0 amide bonds. The highest BCUT2D eigenvalue weighted by atomic mass is 16.3. The van der Waals surface area contributed by atoms with Crippen molar-refractivity contribution < 1.29 is 20.1 Å². The number of rotatable bonds is 5. The van der Waals surface area contributed by atoms with Crippen molar-refractivity contribution in [2.45, 2.75) is 111 Å². The maximum absolute atomic E-state index is 13.5. The van der Waals surface area contributed by atoms with Gasteiger partial charge in [-0.1, -0.05) is 47.1 Å². The second kappa shape index (κ2) is 8.50. The van der Waals surface area contributed by atoms with Crippen LogP contribution in [-0.2, 0) is 4.79 Å². The Kier molecular flexibility index (Phi) is 6.49. The summed E-state index contributed by atoms with van der Waals surface area (Å²) < 4.78 is 0. The van der Waals surface area contributed by atoms with E-state index < -0.39 is 12.2 Å². The van der Waals surface area contributed by atoms with Gasteiger partial charge in [-0.05, 0) is 91.3 Å². The molecule has 4 heteroatoms. The summed E-state index contributed by atoms with van der Waals surface area (Å²) in [6.07, 6.45) is 5.80. The number of hydrogen-bond acceptors (Lipinski definition) is 4. The second-order valence-corrected chi connectivity index (χ2v) is 12.8. The van der Waals surface area contributed by atoms with Gasteiger partial charge in [-0.3, -0.25) is 4.79 Å². The van der Waals surface area contributed by atoms with Gasteiger partial charge in [0, 0.05) is 12.0 Å². The van der Waals surface area contributed by atoms with Crippen LogP contribution in [0.2, 0.25) is 0 Å². The Morgan fingerprint density at radius 2 is 1.66 bits per heavy atom. The predicted molar refractivity (Wildman–Crippen MR) is 127 cm³/mol. The summed E-state index contributed by atoms with van der Waals surface area (Å²) in [6.45, 7) is 12.9. The van der Waals surface area contributed by atoms with E-state index in [1.165, 1.54) is 5.57 Å². The molecule has 4 rings (SSSR count). The van der Waals surface area contributed by atoms with Crippen LogP contribution in [0.5, 0.6) is 0 Å². The molecule has 0 bridgehead atoms. The van der Waals surface area contributed by atoms with E-state index >= 15 is 0 Å². The van der Waals surface area contributed by atoms with Crippen molar-refractivity contribution in [2.24, 2.45) is 46.3 Å². The van der Waals surface area contributed by atoms with Crippen LogP contribution in [0.25, 0.3) is 0 Å². The Morgan fingerprint density at radius 3 is 2.31 bits per heavy atom. The fraction of sp³-hybridized carbons (Fsp3) is 0.893. The first kappa shape index (κ1) is 24.4. The molecule has 10 atom stereocenters. The van der Waals surface area contributed by atoms with Crippen LogP contribution < -0.4 is 0 Å². The second-order valence-electron chi connectivity index (χ2n) is 12.8. The topological polar surface area (TPSA) is 77.8 Å². The zero-order valence-electron chi connectivity index (χ0n) is 21.1. The molecule has 0 spiro atoms. The lowest BCUT2D eigenvalue weighted by Crippen LogP contribution is -2.49. The highest BCUT2D eigenvalue weighted by molar-refractivity contribution is 6.00. The Bertz CT molecular complexity index is 771. The van der Waals surface area contributed by atoms with E-state index in [9.17, 15) is 20.1 Å². The minimum absolute atomic E-state index is 0.0165. The van der Waals surface area contributed by atoms with Crippen LogP contribution in [0.15, 0.2) is 11.1 Å². The molecule has 3 N–H and O–H groups in total. The van der Waals surface area contributed by atoms with Gasteiger partial charge in [0.05, 0.1) is 18.3 Å². The first-order chi connectivity index (χ1) is 14.9. The third-order valence-corrected chi connectivity index (χ3v) is 10.9. The smallest absolute Gasteiger partial charge is 0.159 e. The van der Waals surface area contributed by atoms with E-state index in [1.54, 1.807) is 0 Å². The van der Waals surface area contributed by atoms with Crippen LogP contribution in [0, 0.1) is 46.3 Å². The van der Waals surface area contributed by atoms with E-state index in [4.69, 9.17) is 0 Å². The maximum Gasteiger partial charge on any atom is 0.159 e. The molecule has 0 saturated heterocycles. The van der Waals surface area contributed by atoms with Crippen LogP contribution in [0.3, 0.4) is 0 Å². The number of Topliss-reactive ketones (excluding diaryl/α,β-unsaturated/α-hetero) is 1. The molecule has 0 aliphatic heterocycles. The molecule has 3 saturated carbocycles. The molecular weight excluding hydrogens is 400 g/mol. The number of carbonyl (C=O) groups is 1. The fourth-order valence-electron chi connectivity index (χ4n) is 8.36. The van der Waals surface area contributed by atoms with Crippen LogP contribution in [0.1, 0.15) is 92.9 Å². The van der Waals surface area contributed by atoms with Crippen LogP contribution in [-0.4, -0.2) is 39.4 Å². The maximum atomic E-state index is 13.5. The van der Waals surface area contributed by atoms with Crippen LogP contribution in [0.4, 0.5) is 0 Å². The van der Waals surface area contributed by atoms with Gasteiger partial charge in [0.1, 0.15) is 0 Å². The van der Waals surface area contributed by atoms with Gasteiger partial charge >= 0.3 is 0 Å². The van der Waals surface area contributed by atoms with Crippen molar-refractivity contribution in [3.63, 3.8) is 0 Å². The number of hydrogen-bond donors (Lipinski definition) is 3. The summed E-state index contributed by atoms with van der Waals surface area (Å²) in [6, 6.07) is 0. The summed E-state index contributed by atoms with van der Waals surface area (Å²) in [7, 11) is 0. The Morgan fingerprint density at radius 1 is 0.969 bits per heavy atom. The average Bonchev–Trinajstić information content (AvgIpc) is 3.02. The molecule has 4 nitrogen and oxygen atoms in total. The number of ketones is 1. The molecule has 3 fully saturated rings. The van der Waals surface area contributed by atoms with Gasteiger partial charge in [0.15, 0.2) is 5.78 Å². The van der Waals surface area contributed by atoms with E-state index in [0.29, 0.717) is 30.0 Å².